The van der Waals surface area contributed by atoms with E-state index in [1.54, 1.807) is 51.1 Å². The average molecular weight is 476 g/mol. The Hall–Kier alpha value is -3.26. The smallest absolute Gasteiger partial charge is 0.408 e. The minimum Gasteiger partial charge on any atom is -0.492 e. The summed E-state index contributed by atoms with van der Waals surface area (Å²) in [5.41, 5.74) is 0.751. The van der Waals surface area contributed by atoms with Crippen LogP contribution in [-0.2, 0) is 20.9 Å². The highest BCUT2D eigenvalue weighted by Crippen LogP contribution is 2.23. The Labute approximate surface area is 199 Å². The van der Waals surface area contributed by atoms with Gasteiger partial charge in [0.15, 0.2) is 0 Å². The van der Waals surface area contributed by atoms with Crippen LogP contribution in [0.5, 0.6) is 5.75 Å². The lowest BCUT2D eigenvalue weighted by molar-refractivity contribution is -0.121. The van der Waals surface area contributed by atoms with E-state index >= 15 is 0 Å². The van der Waals surface area contributed by atoms with Crippen molar-refractivity contribution in [3.05, 3.63) is 59.1 Å². The maximum atomic E-state index is 12.1. The summed E-state index contributed by atoms with van der Waals surface area (Å²) in [6.45, 7) is 5.72. The maximum Gasteiger partial charge on any atom is 0.408 e. The number of halogens is 1. The van der Waals surface area contributed by atoms with E-state index in [-0.39, 0.29) is 18.4 Å². The van der Waals surface area contributed by atoms with Gasteiger partial charge in [0.05, 0.1) is 11.6 Å². The van der Waals surface area contributed by atoms with Crippen LogP contribution in [0.25, 0.3) is 0 Å². The number of carbonyl (C=O) groups excluding carboxylic acids is 3. The second-order valence-electron chi connectivity index (χ2n) is 8.26. The molecule has 0 spiro atoms. The summed E-state index contributed by atoms with van der Waals surface area (Å²) in [5.74, 6) is 0.106. The Kier molecular flexibility index (Phi) is 10.00. The first kappa shape index (κ1) is 26.0. The van der Waals surface area contributed by atoms with Crippen LogP contribution in [-0.4, -0.2) is 36.7 Å². The average Bonchev–Trinajstić information content (AvgIpc) is 2.74. The molecule has 0 aliphatic rings. The summed E-state index contributed by atoms with van der Waals surface area (Å²) in [5, 5.41) is 8.49. The van der Waals surface area contributed by atoms with Crippen molar-refractivity contribution in [3.8, 4) is 5.75 Å². The van der Waals surface area contributed by atoms with Crippen LogP contribution < -0.4 is 20.7 Å². The van der Waals surface area contributed by atoms with Crippen molar-refractivity contribution in [1.29, 1.82) is 0 Å². The monoisotopic (exact) mass is 475 g/mol. The Morgan fingerprint density at radius 2 is 1.73 bits per heavy atom. The van der Waals surface area contributed by atoms with Crippen molar-refractivity contribution in [3.63, 3.8) is 0 Å². The van der Waals surface area contributed by atoms with Crippen LogP contribution in [0.2, 0.25) is 5.02 Å². The number of hydrogen-bond donors (Lipinski definition) is 3. The lowest BCUT2D eigenvalue weighted by Crippen LogP contribution is -2.37. The fourth-order valence-electron chi connectivity index (χ4n) is 2.70. The van der Waals surface area contributed by atoms with E-state index in [4.69, 9.17) is 21.1 Å². The topological polar surface area (TPSA) is 106 Å². The van der Waals surface area contributed by atoms with Gasteiger partial charge < -0.3 is 25.4 Å². The van der Waals surface area contributed by atoms with Crippen LogP contribution in [0.3, 0.4) is 0 Å². The van der Waals surface area contributed by atoms with E-state index in [1.807, 2.05) is 18.2 Å². The minimum absolute atomic E-state index is 0.103. The fraction of sp³-hybridized carbons (Fsp3) is 0.375. The third-order valence-corrected chi connectivity index (χ3v) is 4.45. The molecule has 0 radical (unpaired) electrons. The number of hydrogen-bond acceptors (Lipinski definition) is 5. The molecule has 0 fully saturated rings. The third kappa shape index (κ3) is 10.7. The van der Waals surface area contributed by atoms with Gasteiger partial charge in [0.2, 0.25) is 11.8 Å². The van der Waals surface area contributed by atoms with Gasteiger partial charge in [0, 0.05) is 18.7 Å². The molecule has 3 amide bonds. The Bertz CT molecular complexity index is 959. The molecular weight excluding hydrogens is 446 g/mol. The summed E-state index contributed by atoms with van der Waals surface area (Å²) in [6, 6.07) is 14.3. The van der Waals surface area contributed by atoms with Gasteiger partial charge in [-0.25, -0.2) is 4.79 Å². The third-order valence-electron chi connectivity index (χ3n) is 4.13. The summed E-state index contributed by atoms with van der Waals surface area (Å²) in [6.07, 6.45) is 0.209. The Morgan fingerprint density at radius 3 is 2.45 bits per heavy atom. The number of rotatable bonds is 10. The molecule has 0 saturated heterocycles. The van der Waals surface area contributed by atoms with Crippen molar-refractivity contribution in [2.24, 2.45) is 0 Å². The molecule has 0 atom stereocenters. The molecule has 0 aliphatic heterocycles. The number of alkyl carbamates (subject to hydrolysis) is 1. The maximum absolute atomic E-state index is 12.1. The lowest BCUT2D eigenvalue weighted by Gasteiger charge is -2.19. The molecule has 0 saturated carbocycles. The van der Waals surface area contributed by atoms with Crippen LogP contribution in [0.4, 0.5) is 10.5 Å². The first-order chi connectivity index (χ1) is 15.6. The van der Waals surface area contributed by atoms with Gasteiger partial charge in [0.1, 0.15) is 17.9 Å². The Balaban J connectivity index is 1.69. The van der Waals surface area contributed by atoms with E-state index in [9.17, 15) is 14.4 Å². The van der Waals surface area contributed by atoms with Gasteiger partial charge in [-0.3, -0.25) is 9.59 Å². The van der Waals surface area contributed by atoms with E-state index in [1.165, 1.54) is 0 Å². The number of ether oxygens (including phenoxy) is 2. The van der Waals surface area contributed by atoms with E-state index < -0.39 is 11.7 Å². The van der Waals surface area contributed by atoms with Gasteiger partial charge in [-0.05, 0) is 57.0 Å². The first-order valence-corrected chi connectivity index (χ1v) is 11.0. The van der Waals surface area contributed by atoms with Crippen molar-refractivity contribution in [2.75, 3.05) is 18.5 Å². The number of para-hydroxylation sites is 1. The van der Waals surface area contributed by atoms with Gasteiger partial charge in [-0.15, -0.1) is 0 Å². The van der Waals surface area contributed by atoms with E-state index in [0.717, 1.165) is 5.56 Å². The van der Waals surface area contributed by atoms with Gasteiger partial charge in [0.25, 0.3) is 0 Å². The highest BCUT2D eigenvalue weighted by Gasteiger charge is 2.16. The molecule has 0 bridgehead atoms. The zero-order valence-corrected chi connectivity index (χ0v) is 19.8. The van der Waals surface area contributed by atoms with Crippen molar-refractivity contribution in [2.45, 2.75) is 45.8 Å². The summed E-state index contributed by atoms with van der Waals surface area (Å²) in [4.78, 5) is 35.8. The minimum atomic E-state index is -0.661. The van der Waals surface area contributed by atoms with Gasteiger partial charge >= 0.3 is 6.09 Å². The summed E-state index contributed by atoms with van der Waals surface area (Å²) < 4.78 is 10.7. The highest BCUT2D eigenvalue weighted by atomic mass is 35.5. The molecule has 8 nitrogen and oxygen atoms in total. The number of carbonyl (C=O) groups is 3. The molecule has 178 valence electrons. The number of amides is 3. The SMILES string of the molecule is CC(C)(C)OC(=O)NCC(=O)Nc1cccc(CNC(=O)CCCOc2ccccc2Cl)c1. The molecule has 0 aromatic heterocycles. The van der Waals surface area contributed by atoms with Gasteiger partial charge in [-0.1, -0.05) is 35.9 Å². The van der Waals surface area contributed by atoms with E-state index in [0.29, 0.717) is 42.5 Å². The predicted octanol–water partition coefficient (Wildman–Crippen LogP) is 4.28. The predicted molar refractivity (Wildman–Crippen MR) is 127 cm³/mol. The molecule has 0 unspecified atom stereocenters. The number of benzene rings is 2. The molecule has 2 aromatic rings. The molecule has 0 heterocycles. The zero-order chi connectivity index (χ0) is 24.3. The summed E-state index contributed by atoms with van der Waals surface area (Å²) >= 11 is 6.03. The van der Waals surface area contributed by atoms with Crippen LogP contribution in [0, 0.1) is 0 Å². The van der Waals surface area contributed by atoms with Crippen LogP contribution in [0.1, 0.15) is 39.2 Å². The normalized spacial score (nSPS) is 10.8. The highest BCUT2D eigenvalue weighted by molar-refractivity contribution is 6.32. The molecule has 3 N–H and O–H groups in total. The number of anilines is 1. The molecule has 2 rings (SSSR count). The van der Waals surface area contributed by atoms with Crippen molar-refractivity contribution < 1.29 is 23.9 Å². The number of nitrogens with one attached hydrogen (secondary N) is 3. The standard InChI is InChI=1S/C24H30ClN3O5/c1-24(2,3)33-23(31)27-16-22(30)28-18-9-6-8-17(14-18)15-26-21(29)12-7-13-32-20-11-5-4-10-19(20)25/h4-6,8-11,14H,7,12-13,15-16H2,1-3H3,(H,26,29)(H,27,31)(H,28,30). The van der Waals surface area contributed by atoms with Crippen molar-refractivity contribution in [1.82, 2.24) is 10.6 Å². The van der Waals surface area contributed by atoms with E-state index in [2.05, 4.69) is 16.0 Å². The fourth-order valence-corrected chi connectivity index (χ4v) is 2.89. The quantitative estimate of drug-likeness (QED) is 0.445. The Morgan fingerprint density at radius 1 is 0.970 bits per heavy atom. The molecule has 2 aromatic carbocycles. The first-order valence-electron chi connectivity index (χ1n) is 10.6. The van der Waals surface area contributed by atoms with Crippen LogP contribution >= 0.6 is 11.6 Å². The second-order valence-corrected chi connectivity index (χ2v) is 8.67. The van der Waals surface area contributed by atoms with Crippen LogP contribution in [0.15, 0.2) is 48.5 Å². The molecular formula is C24H30ClN3O5. The zero-order valence-electron chi connectivity index (χ0n) is 19.1. The van der Waals surface area contributed by atoms with Crippen molar-refractivity contribution >= 4 is 35.2 Å². The second kappa shape index (κ2) is 12.7. The molecule has 9 heteroatoms. The molecule has 33 heavy (non-hydrogen) atoms. The lowest BCUT2D eigenvalue weighted by atomic mass is 10.2. The van der Waals surface area contributed by atoms with Gasteiger partial charge in [-0.2, -0.15) is 0 Å². The largest absolute Gasteiger partial charge is 0.492 e. The molecule has 0 aliphatic carbocycles. The summed E-state index contributed by atoms with van der Waals surface area (Å²) in [7, 11) is 0.